The maximum Gasteiger partial charge on any atom is 0.283 e. The Morgan fingerprint density at radius 2 is 2.05 bits per heavy atom. The van der Waals surface area contributed by atoms with Crippen molar-refractivity contribution in [1.29, 1.82) is 0 Å². The van der Waals surface area contributed by atoms with Gasteiger partial charge in [0.25, 0.3) is 10.9 Å². The van der Waals surface area contributed by atoms with E-state index >= 15 is 0 Å². The number of likely N-dealkylation sites (tertiary alicyclic amines) is 1. The average molecular weight is 306 g/mol. The number of hydrogen-bond donors (Lipinski definition) is 0. The van der Waals surface area contributed by atoms with Crippen LogP contribution in [0.5, 0.6) is 0 Å². The van der Waals surface area contributed by atoms with Crippen LogP contribution in [0.4, 0.5) is 5.69 Å². The molecule has 1 aromatic heterocycles. The summed E-state index contributed by atoms with van der Waals surface area (Å²) >= 11 is 1.12. The lowest BCUT2D eigenvalue weighted by molar-refractivity contribution is -0.387. The first kappa shape index (κ1) is 14.0. The molecule has 0 atom stereocenters. The number of aromatic nitrogens is 2. The van der Waals surface area contributed by atoms with E-state index in [2.05, 4.69) is 15.1 Å². The Hall–Kier alpha value is -1.93. The summed E-state index contributed by atoms with van der Waals surface area (Å²) < 4.78 is 5.56. The Morgan fingerprint density at radius 3 is 2.81 bits per heavy atom. The molecule has 0 spiro atoms. The highest BCUT2D eigenvalue weighted by molar-refractivity contribution is 7.99. The molecule has 0 aliphatic carbocycles. The van der Waals surface area contributed by atoms with Crippen LogP contribution in [0.2, 0.25) is 0 Å². The maximum atomic E-state index is 11.0. The van der Waals surface area contributed by atoms with Gasteiger partial charge in [-0.2, -0.15) is 0 Å². The molecule has 0 unspecified atom stereocenters. The van der Waals surface area contributed by atoms with Crippen molar-refractivity contribution >= 4 is 17.4 Å². The number of rotatable bonds is 5. The van der Waals surface area contributed by atoms with Crippen molar-refractivity contribution in [2.45, 2.75) is 29.5 Å². The van der Waals surface area contributed by atoms with Gasteiger partial charge in [-0.1, -0.05) is 12.1 Å². The van der Waals surface area contributed by atoms with Gasteiger partial charge in [-0.15, -0.1) is 10.2 Å². The van der Waals surface area contributed by atoms with Gasteiger partial charge in [0.2, 0.25) is 5.89 Å². The summed E-state index contributed by atoms with van der Waals surface area (Å²) in [7, 11) is 0. The number of nitrogens with zero attached hydrogens (tertiary/aromatic N) is 4. The quantitative estimate of drug-likeness (QED) is 0.620. The van der Waals surface area contributed by atoms with Crippen LogP contribution >= 0.6 is 11.8 Å². The minimum atomic E-state index is -0.413. The summed E-state index contributed by atoms with van der Waals surface area (Å²) in [4.78, 5) is 13.3. The highest BCUT2D eigenvalue weighted by Gasteiger charge is 2.19. The first-order valence-electron chi connectivity index (χ1n) is 6.68. The van der Waals surface area contributed by atoms with Crippen LogP contribution in [0.1, 0.15) is 18.7 Å². The molecule has 1 aliphatic rings. The van der Waals surface area contributed by atoms with Crippen molar-refractivity contribution in [2.75, 3.05) is 13.1 Å². The standard InChI is InChI=1S/C13H14N4O3S/c18-17(19)10-5-1-2-6-11(10)21-13-15-14-12(20-13)9-16-7-3-4-8-16/h1-2,5-6H,3-4,7-9H2. The van der Waals surface area contributed by atoms with Crippen molar-refractivity contribution in [3.63, 3.8) is 0 Å². The molecule has 1 fully saturated rings. The van der Waals surface area contributed by atoms with Gasteiger partial charge < -0.3 is 4.42 Å². The lowest BCUT2D eigenvalue weighted by Gasteiger charge is -2.10. The molecular weight excluding hydrogens is 292 g/mol. The Kier molecular flexibility index (Phi) is 4.16. The molecule has 0 saturated carbocycles. The van der Waals surface area contributed by atoms with E-state index in [4.69, 9.17) is 4.42 Å². The molecule has 8 heteroatoms. The normalized spacial score (nSPS) is 15.4. The average Bonchev–Trinajstić information content (AvgIpc) is 3.12. The smallest absolute Gasteiger partial charge is 0.283 e. The zero-order chi connectivity index (χ0) is 14.7. The monoisotopic (exact) mass is 306 g/mol. The van der Waals surface area contributed by atoms with Crippen LogP contribution < -0.4 is 0 Å². The third kappa shape index (κ3) is 3.40. The van der Waals surface area contributed by atoms with Crippen LogP contribution in [0.25, 0.3) is 0 Å². The van der Waals surface area contributed by atoms with Crippen LogP contribution in [0.15, 0.2) is 38.8 Å². The molecule has 0 N–H and O–H groups in total. The van der Waals surface area contributed by atoms with Crippen LogP contribution in [0, 0.1) is 10.1 Å². The van der Waals surface area contributed by atoms with Gasteiger partial charge in [-0.25, -0.2) is 0 Å². The van der Waals surface area contributed by atoms with Gasteiger partial charge in [0.15, 0.2) is 0 Å². The predicted octanol–water partition coefficient (Wildman–Crippen LogP) is 2.72. The Bertz CT molecular complexity index is 640. The third-order valence-corrected chi connectivity index (χ3v) is 4.17. The lowest BCUT2D eigenvalue weighted by Crippen LogP contribution is -2.18. The van der Waals surface area contributed by atoms with Crippen molar-refractivity contribution in [2.24, 2.45) is 0 Å². The summed E-state index contributed by atoms with van der Waals surface area (Å²) in [6, 6.07) is 6.52. The van der Waals surface area contributed by atoms with Crippen LogP contribution in [-0.4, -0.2) is 33.1 Å². The second kappa shape index (κ2) is 6.23. The molecule has 2 heterocycles. The highest BCUT2D eigenvalue weighted by Crippen LogP contribution is 2.33. The maximum absolute atomic E-state index is 11.0. The first-order valence-corrected chi connectivity index (χ1v) is 7.50. The van der Waals surface area contributed by atoms with Gasteiger partial charge in [-0.3, -0.25) is 15.0 Å². The molecule has 0 radical (unpaired) electrons. The van der Waals surface area contributed by atoms with Gasteiger partial charge in [-0.05, 0) is 43.8 Å². The largest absolute Gasteiger partial charge is 0.414 e. The molecule has 0 amide bonds. The zero-order valence-corrected chi connectivity index (χ0v) is 12.1. The molecule has 3 rings (SSSR count). The second-order valence-electron chi connectivity index (χ2n) is 4.77. The van der Waals surface area contributed by atoms with E-state index in [0.717, 1.165) is 24.9 Å². The van der Waals surface area contributed by atoms with Crippen molar-refractivity contribution in [3.8, 4) is 0 Å². The Balaban J connectivity index is 1.71. The predicted molar refractivity (Wildman–Crippen MR) is 76.0 cm³/mol. The number of nitro groups is 1. The van der Waals surface area contributed by atoms with Crippen molar-refractivity contribution in [1.82, 2.24) is 15.1 Å². The SMILES string of the molecule is O=[N+]([O-])c1ccccc1Sc1nnc(CN2CCCC2)o1. The van der Waals surface area contributed by atoms with Gasteiger partial charge in [0, 0.05) is 6.07 Å². The number of benzene rings is 1. The summed E-state index contributed by atoms with van der Waals surface area (Å²) in [6.45, 7) is 2.74. The van der Waals surface area contributed by atoms with E-state index in [0.29, 0.717) is 22.6 Å². The highest BCUT2D eigenvalue weighted by atomic mass is 32.2. The molecule has 7 nitrogen and oxygen atoms in total. The summed E-state index contributed by atoms with van der Waals surface area (Å²) in [5, 5.41) is 19.3. The fourth-order valence-corrected chi connectivity index (χ4v) is 3.07. The third-order valence-electron chi connectivity index (χ3n) is 3.27. The molecule has 1 aliphatic heterocycles. The minimum absolute atomic E-state index is 0.0433. The molecule has 2 aromatic rings. The lowest BCUT2D eigenvalue weighted by atomic mass is 10.3. The van der Waals surface area contributed by atoms with Gasteiger partial charge >= 0.3 is 0 Å². The molecule has 110 valence electrons. The zero-order valence-electron chi connectivity index (χ0n) is 11.3. The van der Waals surface area contributed by atoms with Crippen LogP contribution in [0.3, 0.4) is 0 Å². The number of nitro benzene ring substituents is 1. The number of hydrogen-bond acceptors (Lipinski definition) is 7. The van der Waals surface area contributed by atoms with E-state index in [-0.39, 0.29) is 5.69 Å². The van der Waals surface area contributed by atoms with Gasteiger partial charge in [0.1, 0.15) is 0 Å². The molecule has 0 bridgehead atoms. The van der Waals surface area contributed by atoms with E-state index < -0.39 is 4.92 Å². The van der Waals surface area contributed by atoms with Crippen LogP contribution in [-0.2, 0) is 6.54 Å². The Morgan fingerprint density at radius 1 is 1.29 bits per heavy atom. The topological polar surface area (TPSA) is 85.3 Å². The van der Waals surface area contributed by atoms with E-state index in [1.165, 1.54) is 18.9 Å². The van der Waals surface area contributed by atoms with E-state index in [1.54, 1.807) is 18.2 Å². The number of para-hydroxylation sites is 1. The molecule has 1 saturated heterocycles. The molecule has 1 aromatic carbocycles. The summed E-state index contributed by atoms with van der Waals surface area (Å²) in [5.74, 6) is 0.554. The van der Waals surface area contributed by atoms with Crippen molar-refractivity contribution in [3.05, 3.63) is 40.3 Å². The van der Waals surface area contributed by atoms with Gasteiger partial charge in [0.05, 0.1) is 16.4 Å². The first-order chi connectivity index (χ1) is 10.2. The minimum Gasteiger partial charge on any atom is -0.414 e. The van der Waals surface area contributed by atoms with E-state index in [9.17, 15) is 10.1 Å². The van der Waals surface area contributed by atoms with E-state index in [1.807, 2.05) is 0 Å². The van der Waals surface area contributed by atoms with Crippen molar-refractivity contribution < 1.29 is 9.34 Å². The molecule has 21 heavy (non-hydrogen) atoms. The Labute approximate surface area is 125 Å². The molecular formula is C13H14N4O3S. The summed E-state index contributed by atoms with van der Waals surface area (Å²) in [6.07, 6.45) is 2.40. The fraction of sp³-hybridized carbons (Fsp3) is 0.385. The fourth-order valence-electron chi connectivity index (χ4n) is 2.26. The summed E-state index contributed by atoms with van der Waals surface area (Å²) in [5.41, 5.74) is 0.0433. The second-order valence-corrected chi connectivity index (χ2v) is 5.77.